The van der Waals surface area contributed by atoms with Gasteiger partial charge in [0.1, 0.15) is 0 Å². The summed E-state index contributed by atoms with van der Waals surface area (Å²) in [5, 5.41) is 1.25. The summed E-state index contributed by atoms with van der Waals surface area (Å²) in [6.07, 6.45) is 2.04. The van der Waals surface area contributed by atoms with Gasteiger partial charge in [-0.3, -0.25) is 0 Å². The Labute approximate surface area is 142 Å². The van der Waals surface area contributed by atoms with E-state index in [2.05, 4.69) is 90.4 Å². The number of benzene rings is 3. The Hall–Kier alpha value is -3.06. The Morgan fingerprint density at radius 3 is 2.08 bits per heavy atom. The van der Waals surface area contributed by atoms with Gasteiger partial charge in [0.05, 0.1) is 5.69 Å². The predicted molar refractivity (Wildman–Crippen MR) is 102 cm³/mol. The number of aromatic nitrogens is 1. The van der Waals surface area contributed by atoms with Crippen molar-refractivity contribution in [2.45, 2.75) is 5.92 Å². The normalized spacial score (nSPS) is 12.2. The second-order valence-corrected chi connectivity index (χ2v) is 5.95. The minimum Gasteiger partial charge on any atom is -0.354 e. The Morgan fingerprint density at radius 1 is 0.750 bits per heavy atom. The number of allylic oxidation sites excluding steroid dienone is 1. The van der Waals surface area contributed by atoms with E-state index in [0.717, 1.165) is 5.52 Å². The highest BCUT2D eigenvalue weighted by Crippen LogP contribution is 2.39. The minimum absolute atomic E-state index is 0.151. The van der Waals surface area contributed by atoms with Gasteiger partial charge in [0.2, 0.25) is 0 Å². The van der Waals surface area contributed by atoms with Crippen molar-refractivity contribution in [1.29, 1.82) is 0 Å². The van der Waals surface area contributed by atoms with Crippen molar-refractivity contribution >= 4 is 10.9 Å². The molecule has 0 saturated carbocycles. The fourth-order valence-electron chi connectivity index (χ4n) is 3.40. The Bertz CT molecular complexity index is 965. The molecule has 1 heterocycles. The van der Waals surface area contributed by atoms with Crippen molar-refractivity contribution in [3.63, 3.8) is 0 Å². The SMILES string of the molecule is C=C[C@@H](c1ccccc1)c1c(-c2ccccc2)[nH]c2ccccc12. The first kappa shape index (κ1) is 14.5. The standard InChI is InChI=1S/C23H19N/c1-2-19(17-11-5-3-6-12-17)22-20-15-9-10-16-21(20)24-23(22)18-13-7-4-8-14-18/h2-16,19,24H,1H2/t19-/m0/s1. The molecule has 4 rings (SSSR count). The minimum atomic E-state index is 0.151. The Balaban J connectivity index is 2.01. The first-order valence-electron chi connectivity index (χ1n) is 8.22. The quantitative estimate of drug-likeness (QED) is 0.435. The van der Waals surface area contributed by atoms with Crippen molar-refractivity contribution in [1.82, 2.24) is 4.98 Å². The van der Waals surface area contributed by atoms with E-state index >= 15 is 0 Å². The summed E-state index contributed by atoms with van der Waals surface area (Å²) < 4.78 is 0. The van der Waals surface area contributed by atoms with Crippen LogP contribution in [0, 0.1) is 0 Å². The molecule has 0 aliphatic rings. The van der Waals surface area contributed by atoms with E-state index in [-0.39, 0.29) is 5.92 Å². The molecule has 1 atom stereocenters. The number of hydrogen-bond donors (Lipinski definition) is 1. The van der Waals surface area contributed by atoms with Crippen LogP contribution in [-0.2, 0) is 0 Å². The Morgan fingerprint density at radius 2 is 1.38 bits per heavy atom. The molecule has 0 bridgehead atoms. The van der Waals surface area contributed by atoms with Gasteiger partial charge in [0.15, 0.2) is 0 Å². The number of aromatic amines is 1. The van der Waals surface area contributed by atoms with Gasteiger partial charge >= 0.3 is 0 Å². The van der Waals surface area contributed by atoms with E-state index in [0.29, 0.717) is 0 Å². The van der Waals surface area contributed by atoms with Gasteiger partial charge in [-0.1, -0.05) is 84.9 Å². The maximum absolute atomic E-state index is 4.12. The third kappa shape index (κ3) is 2.44. The van der Waals surface area contributed by atoms with Crippen LogP contribution in [-0.4, -0.2) is 4.98 Å². The fraction of sp³-hybridized carbons (Fsp3) is 0.0435. The summed E-state index contributed by atoms with van der Waals surface area (Å²) in [5.74, 6) is 0.151. The molecular formula is C23H19N. The molecule has 0 fully saturated rings. The van der Waals surface area contributed by atoms with Crippen molar-refractivity contribution in [3.8, 4) is 11.3 Å². The first-order valence-corrected chi connectivity index (χ1v) is 8.22. The van der Waals surface area contributed by atoms with Crippen molar-refractivity contribution in [3.05, 3.63) is 109 Å². The number of nitrogens with one attached hydrogen (secondary N) is 1. The van der Waals surface area contributed by atoms with Crippen LogP contribution in [0.25, 0.3) is 22.2 Å². The van der Waals surface area contributed by atoms with Gasteiger partial charge in [-0.15, -0.1) is 6.58 Å². The number of H-pyrrole nitrogens is 1. The maximum Gasteiger partial charge on any atom is 0.0506 e. The van der Waals surface area contributed by atoms with E-state index in [9.17, 15) is 0 Å². The van der Waals surface area contributed by atoms with Crippen LogP contribution < -0.4 is 0 Å². The van der Waals surface area contributed by atoms with E-state index in [1.807, 2.05) is 12.1 Å². The van der Waals surface area contributed by atoms with Crippen molar-refractivity contribution in [2.24, 2.45) is 0 Å². The van der Waals surface area contributed by atoms with Gasteiger partial charge in [0, 0.05) is 16.8 Å². The van der Waals surface area contributed by atoms with Crippen LogP contribution in [0.3, 0.4) is 0 Å². The van der Waals surface area contributed by atoms with E-state index in [1.165, 1.54) is 27.8 Å². The average Bonchev–Trinajstić information content (AvgIpc) is 3.04. The van der Waals surface area contributed by atoms with Gasteiger partial charge in [-0.05, 0) is 22.8 Å². The number of fused-ring (bicyclic) bond motifs is 1. The lowest BCUT2D eigenvalue weighted by atomic mass is 9.88. The summed E-state index contributed by atoms with van der Waals surface area (Å²) in [6, 6.07) is 29.6. The third-order valence-electron chi connectivity index (χ3n) is 4.51. The monoisotopic (exact) mass is 309 g/mol. The summed E-state index contributed by atoms with van der Waals surface area (Å²) in [4.78, 5) is 3.62. The topological polar surface area (TPSA) is 15.8 Å². The molecule has 0 aliphatic heterocycles. The molecule has 1 heteroatoms. The smallest absolute Gasteiger partial charge is 0.0506 e. The first-order chi connectivity index (χ1) is 11.9. The number of hydrogen-bond acceptors (Lipinski definition) is 0. The molecule has 1 aromatic heterocycles. The molecule has 116 valence electrons. The highest BCUT2D eigenvalue weighted by atomic mass is 14.7. The number of rotatable bonds is 4. The van der Waals surface area contributed by atoms with Gasteiger partial charge in [0.25, 0.3) is 0 Å². The molecule has 0 amide bonds. The highest BCUT2D eigenvalue weighted by Gasteiger charge is 2.20. The molecule has 3 aromatic carbocycles. The maximum atomic E-state index is 4.12. The van der Waals surface area contributed by atoms with Crippen LogP contribution in [0.4, 0.5) is 0 Å². The van der Waals surface area contributed by atoms with Crippen LogP contribution in [0.5, 0.6) is 0 Å². The van der Waals surface area contributed by atoms with Crippen molar-refractivity contribution < 1.29 is 0 Å². The summed E-state index contributed by atoms with van der Waals surface area (Å²) >= 11 is 0. The molecule has 24 heavy (non-hydrogen) atoms. The lowest BCUT2D eigenvalue weighted by Crippen LogP contribution is -1.98. The van der Waals surface area contributed by atoms with Gasteiger partial charge < -0.3 is 4.98 Å². The molecule has 0 saturated heterocycles. The largest absolute Gasteiger partial charge is 0.354 e. The zero-order valence-electron chi connectivity index (χ0n) is 13.4. The second-order valence-electron chi connectivity index (χ2n) is 5.95. The highest BCUT2D eigenvalue weighted by molar-refractivity contribution is 5.92. The second kappa shape index (κ2) is 6.21. The van der Waals surface area contributed by atoms with Gasteiger partial charge in [-0.25, -0.2) is 0 Å². The molecule has 0 unspecified atom stereocenters. The zero-order chi connectivity index (χ0) is 16.4. The molecule has 0 radical (unpaired) electrons. The summed E-state index contributed by atoms with van der Waals surface area (Å²) in [6.45, 7) is 4.12. The van der Waals surface area contributed by atoms with Crippen LogP contribution in [0.2, 0.25) is 0 Å². The van der Waals surface area contributed by atoms with E-state index in [1.54, 1.807) is 0 Å². The van der Waals surface area contributed by atoms with E-state index < -0.39 is 0 Å². The molecule has 0 spiro atoms. The molecule has 0 aliphatic carbocycles. The molecular weight excluding hydrogens is 290 g/mol. The number of para-hydroxylation sites is 1. The molecule has 1 N–H and O–H groups in total. The lowest BCUT2D eigenvalue weighted by Gasteiger charge is -2.15. The lowest BCUT2D eigenvalue weighted by molar-refractivity contribution is 1.04. The van der Waals surface area contributed by atoms with Crippen LogP contribution >= 0.6 is 0 Å². The predicted octanol–water partition coefficient (Wildman–Crippen LogP) is 6.15. The fourth-order valence-corrected chi connectivity index (χ4v) is 3.40. The summed E-state index contributed by atoms with van der Waals surface area (Å²) in [5.41, 5.74) is 6.08. The van der Waals surface area contributed by atoms with Gasteiger partial charge in [-0.2, -0.15) is 0 Å². The average molecular weight is 309 g/mol. The van der Waals surface area contributed by atoms with Crippen LogP contribution in [0.15, 0.2) is 97.6 Å². The van der Waals surface area contributed by atoms with Crippen molar-refractivity contribution in [2.75, 3.05) is 0 Å². The molecule has 1 nitrogen and oxygen atoms in total. The Kier molecular flexibility index (Phi) is 3.76. The zero-order valence-corrected chi connectivity index (χ0v) is 13.4. The third-order valence-corrected chi connectivity index (χ3v) is 4.51. The van der Waals surface area contributed by atoms with E-state index in [4.69, 9.17) is 0 Å². The molecule has 4 aromatic rings. The summed E-state index contributed by atoms with van der Waals surface area (Å²) in [7, 11) is 0. The van der Waals surface area contributed by atoms with Crippen LogP contribution in [0.1, 0.15) is 17.0 Å².